The monoisotopic (exact) mass is 328 g/mol. The summed E-state index contributed by atoms with van der Waals surface area (Å²) in [4.78, 5) is 19.0. The lowest BCUT2D eigenvalue weighted by atomic mass is 10.2. The number of fused-ring (bicyclic) bond motifs is 1. The second-order valence-electron chi connectivity index (χ2n) is 4.96. The Morgan fingerprint density at radius 2 is 1.92 bits per heavy atom. The molecule has 0 radical (unpaired) electrons. The van der Waals surface area contributed by atoms with Gasteiger partial charge in [0.05, 0.1) is 25.3 Å². The van der Waals surface area contributed by atoms with Gasteiger partial charge in [-0.25, -0.2) is 10.5 Å². The number of hydrogen-bond donors (Lipinski definition) is 4. The molecule has 3 rings (SSSR count). The maximum atomic E-state index is 11.5. The third-order valence-electron chi connectivity index (χ3n) is 3.48. The summed E-state index contributed by atoms with van der Waals surface area (Å²) >= 11 is 0. The Bertz CT molecular complexity index is 850. The number of carbonyl (C=O) groups excluding carboxylic acids is 1. The molecule has 8 nitrogen and oxygen atoms in total. The molecule has 1 heterocycles. The van der Waals surface area contributed by atoms with Crippen molar-refractivity contribution in [2.24, 2.45) is 0 Å². The Labute approximate surface area is 137 Å². The molecule has 0 aliphatic rings. The number of methoxy groups -OCH3 is 2. The minimum absolute atomic E-state index is 0.321. The topological polar surface area (TPSA) is 109 Å². The number of hydroxylamine groups is 1. The summed E-state index contributed by atoms with van der Waals surface area (Å²) in [6.07, 6.45) is 0. The molecule has 0 fully saturated rings. The molecule has 4 N–H and O–H groups in total. The number of carbonyl (C=O) groups is 1. The van der Waals surface area contributed by atoms with Crippen LogP contribution in [0.5, 0.6) is 11.5 Å². The Kier molecular flexibility index (Phi) is 4.21. The third kappa shape index (κ3) is 2.95. The first kappa shape index (κ1) is 15.6. The van der Waals surface area contributed by atoms with Crippen LogP contribution in [0.1, 0.15) is 10.4 Å². The molecule has 1 amide bonds. The van der Waals surface area contributed by atoms with Crippen molar-refractivity contribution in [2.45, 2.75) is 0 Å². The predicted molar refractivity (Wildman–Crippen MR) is 88.2 cm³/mol. The van der Waals surface area contributed by atoms with Gasteiger partial charge in [0.1, 0.15) is 0 Å². The lowest BCUT2D eigenvalue weighted by Crippen LogP contribution is -2.18. The van der Waals surface area contributed by atoms with Gasteiger partial charge in [0.15, 0.2) is 11.5 Å². The number of nitrogens with one attached hydrogen (secondary N) is 3. The number of amides is 1. The Balaban J connectivity index is 1.92. The SMILES string of the molecule is COc1cc2nc(Nc3cccc(C(=O)NO)c3)[nH]c2cc1OC. The summed E-state index contributed by atoms with van der Waals surface area (Å²) in [7, 11) is 3.13. The molecule has 2 aromatic carbocycles. The fourth-order valence-corrected chi connectivity index (χ4v) is 2.34. The summed E-state index contributed by atoms with van der Waals surface area (Å²) in [5.74, 6) is 1.10. The first-order valence-corrected chi connectivity index (χ1v) is 7.08. The van der Waals surface area contributed by atoms with Gasteiger partial charge in [-0.3, -0.25) is 10.0 Å². The first-order chi connectivity index (χ1) is 11.6. The fourth-order valence-electron chi connectivity index (χ4n) is 2.34. The van der Waals surface area contributed by atoms with Crippen LogP contribution in [0.25, 0.3) is 11.0 Å². The molecule has 0 aliphatic heterocycles. The number of hydrogen-bond acceptors (Lipinski definition) is 6. The second kappa shape index (κ2) is 6.47. The molecule has 24 heavy (non-hydrogen) atoms. The molecule has 3 aromatic rings. The molecule has 0 saturated heterocycles. The zero-order chi connectivity index (χ0) is 17.1. The Morgan fingerprint density at radius 1 is 1.17 bits per heavy atom. The van der Waals surface area contributed by atoms with E-state index in [2.05, 4.69) is 15.3 Å². The summed E-state index contributed by atoms with van der Waals surface area (Å²) in [6.45, 7) is 0. The average molecular weight is 328 g/mol. The molecule has 1 aromatic heterocycles. The van der Waals surface area contributed by atoms with Gasteiger partial charge in [-0.2, -0.15) is 0 Å². The highest BCUT2D eigenvalue weighted by atomic mass is 16.5. The van der Waals surface area contributed by atoms with Crippen molar-refractivity contribution < 1.29 is 19.5 Å². The minimum atomic E-state index is -0.585. The maximum Gasteiger partial charge on any atom is 0.274 e. The number of benzene rings is 2. The molecule has 0 bridgehead atoms. The van der Waals surface area contributed by atoms with E-state index in [9.17, 15) is 4.79 Å². The molecule has 0 unspecified atom stereocenters. The number of rotatable bonds is 5. The number of anilines is 2. The molecule has 124 valence electrons. The van der Waals surface area contributed by atoms with Crippen molar-refractivity contribution in [3.63, 3.8) is 0 Å². The number of aromatic nitrogens is 2. The lowest BCUT2D eigenvalue weighted by Gasteiger charge is -2.06. The zero-order valence-electron chi connectivity index (χ0n) is 13.1. The van der Waals surface area contributed by atoms with Crippen LogP contribution in [0.15, 0.2) is 36.4 Å². The van der Waals surface area contributed by atoms with E-state index >= 15 is 0 Å². The van der Waals surface area contributed by atoms with Crippen LogP contribution in [0, 0.1) is 0 Å². The van der Waals surface area contributed by atoms with Gasteiger partial charge >= 0.3 is 0 Å². The molecular weight excluding hydrogens is 312 g/mol. The van der Waals surface area contributed by atoms with E-state index in [4.69, 9.17) is 14.7 Å². The summed E-state index contributed by atoms with van der Waals surface area (Å²) in [6, 6.07) is 10.2. The van der Waals surface area contributed by atoms with Gasteiger partial charge in [0.2, 0.25) is 5.95 Å². The van der Waals surface area contributed by atoms with Crippen molar-refractivity contribution in [3.05, 3.63) is 42.0 Å². The number of nitrogens with zero attached hydrogens (tertiary/aromatic N) is 1. The van der Waals surface area contributed by atoms with Crippen LogP contribution in [0.3, 0.4) is 0 Å². The maximum absolute atomic E-state index is 11.5. The quantitative estimate of drug-likeness (QED) is 0.423. The number of H-pyrrole nitrogens is 1. The highest BCUT2D eigenvalue weighted by molar-refractivity contribution is 5.94. The minimum Gasteiger partial charge on any atom is -0.493 e. The second-order valence-corrected chi connectivity index (χ2v) is 4.96. The highest BCUT2D eigenvalue weighted by Gasteiger charge is 2.11. The van der Waals surface area contributed by atoms with Crippen LogP contribution in [0.2, 0.25) is 0 Å². The molecule has 8 heteroatoms. The van der Waals surface area contributed by atoms with Gasteiger partial charge in [-0.15, -0.1) is 0 Å². The van der Waals surface area contributed by atoms with E-state index in [1.54, 1.807) is 56.1 Å². The predicted octanol–water partition coefficient (Wildman–Crippen LogP) is 2.44. The van der Waals surface area contributed by atoms with Gasteiger partial charge in [0, 0.05) is 23.4 Å². The van der Waals surface area contributed by atoms with Gasteiger partial charge in [-0.05, 0) is 18.2 Å². The highest BCUT2D eigenvalue weighted by Crippen LogP contribution is 2.32. The van der Waals surface area contributed by atoms with E-state index in [0.29, 0.717) is 34.2 Å². The standard InChI is InChI=1S/C16H16N4O4/c1-23-13-7-11-12(8-14(13)24-2)19-16(18-11)17-10-5-3-4-9(6-10)15(21)20-22/h3-8,22H,1-2H3,(H,20,21)(H2,17,18,19). The average Bonchev–Trinajstić information content (AvgIpc) is 3.00. The van der Waals surface area contributed by atoms with Crippen molar-refractivity contribution in [1.82, 2.24) is 15.4 Å². The molecule has 0 saturated carbocycles. The molecular formula is C16H16N4O4. The van der Waals surface area contributed by atoms with Crippen LogP contribution in [-0.2, 0) is 0 Å². The fraction of sp³-hybridized carbons (Fsp3) is 0.125. The van der Waals surface area contributed by atoms with Crippen molar-refractivity contribution in [2.75, 3.05) is 19.5 Å². The van der Waals surface area contributed by atoms with Gasteiger partial charge in [0.25, 0.3) is 5.91 Å². The Morgan fingerprint density at radius 3 is 2.62 bits per heavy atom. The van der Waals surface area contributed by atoms with Crippen LogP contribution in [-0.4, -0.2) is 35.3 Å². The normalized spacial score (nSPS) is 10.5. The Hall–Kier alpha value is -3.26. The van der Waals surface area contributed by atoms with E-state index in [1.165, 1.54) is 0 Å². The van der Waals surface area contributed by atoms with E-state index in [1.807, 2.05) is 0 Å². The van der Waals surface area contributed by atoms with Crippen molar-refractivity contribution in [3.8, 4) is 11.5 Å². The van der Waals surface area contributed by atoms with Crippen molar-refractivity contribution >= 4 is 28.6 Å². The summed E-state index contributed by atoms with van der Waals surface area (Å²) in [5.41, 5.74) is 4.05. The smallest absolute Gasteiger partial charge is 0.274 e. The van der Waals surface area contributed by atoms with E-state index in [-0.39, 0.29) is 0 Å². The zero-order valence-corrected chi connectivity index (χ0v) is 13.1. The molecule has 0 atom stereocenters. The van der Waals surface area contributed by atoms with Gasteiger partial charge in [-0.1, -0.05) is 6.07 Å². The lowest BCUT2D eigenvalue weighted by molar-refractivity contribution is 0.0706. The number of ether oxygens (including phenoxy) is 2. The summed E-state index contributed by atoms with van der Waals surface area (Å²) < 4.78 is 10.5. The van der Waals surface area contributed by atoms with Gasteiger partial charge < -0.3 is 19.8 Å². The molecule has 0 spiro atoms. The summed E-state index contributed by atoms with van der Waals surface area (Å²) in [5, 5.41) is 11.8. The van der Waals surface area contributed by atoms with E-state index in [0.717, 1.165) is 5.52 Å². The van der Waals surface area contributed by atoms with Crippen molar-refractivity contribution in [1.29, 1.82) is 0 Å². The third-order valence-corrected chi connectivity index (χ3v) is 3.48. The number of aromatic amines is 1. The first-order valence-electron chi connectivity index (χ1n) is 7.08. The molecule has 0 aliphatic carbocycles. The number of imidazole rings is 1. The van der Waals surface area contributed by atoms with E-state index < -0.39 is 5.91 Å². The largest absolute Gasteiger partial charge is 0.493 e. The van der Waals surface area contributed by atoms with Crippen LogP contribution >= 0.6 is 0 Å². The van der Waals surface area contributed by atoms with Crippen LogP contribution < -0.4 is 20.3 Å². The van der Waals surface area contributed by atoms with Crippen LogP contribution in [0.4, 0.5) is 11.6 Å².